The van der Waals surface area contributed by atoms with Crippen molar-refractivity contribution in [2.45, 2.75) is 45.8 Å². The Kier molecular flexibility index (Phi) is 5.86. The summed E-state index contributed by atoms with van der Waals surface area (Å²) in [5.41, 5.74) is 1.23. The molecule has 1 saturated heterocycles. The average Bonchev–Trinajstić information content (AvgIpc) is 2.46. The maximum atomic E-state index is 6.00. The summed E-state index contributed by atoms with van der Waals surface area (Å²) in [6.45, 7) is 9.09. The van der Waals surface area contributed by atoms with Crippen LogP contribution in [0.3, 0.4) is 0 Å². The topological polar surface area (TPSA) is 30.5 Å². The lowest BCUT2D eigenvalue weighted by Gasteiger charge is -2.31. The average molecular weight is 277 g/mol. The normalized spacial score (nSPS) is 23.0. The third-order valence-corrected chi connectivity index (χ3v) is 3.57. The summed E-state index contributed by atoms with van der Waals surface area (Å²) in [5, 5.41) is 3.59. The zero-order valence-corrected chi connectivity index (χ0v) is 12.9. The minimum Gasteiger partial charge on any atom is -0.494 e. The third kappa shape index (κ3) is 4.50. The van der Waals surface area contributed by atoms with Crippen LogP contribution in [-0.4, -0.2) is 25.8 Å². The third-order valence-electron chi connectivity index (χ3n) is 3.57. The van der Waals surface area contributed by atoms with Crippen LogP contribution in [0.15, 0.2) is 24.3 Å². The summed E-state index contributed by atoms with van der Waals surface area (Å²) < 4.78 is 11.6. The van der Waals surface area contributed by atoms with Crippen LogP contribution in [0.4, 0.5) is 0 Å². The Bertz CT molecular complexity index is 380. The molecule has 0 aliphatic carbocycles. The highest BCUT2D eigenvalue weighted by atomic mass is 16.5. The largest absolute Gasteiger partial charge is 0.494 e. The molecule has 112 valence electrons. The van der Waals surface area contributed by atoms with Gasteiger partial charge in [0.05, 0.1) is 19.3 Å². The number of nitrogens with one attached hydrogen (secondary N) is 1. The number of rotatable bonds is 6. The van der Waals surface area contributed by atoms with Gasteiger partial charge < -0.3 is 14.8 Å². The van der Waals surface area contributed by atoms with Crippen LogP contribution < -0.4 is 10.1 Å². The van der Waals surface area contributed by atoms with E-state index in [-0.39, 0.29) is 6.10 Å². The van der Waals surface area contributed by atoms with Gasteiger partial charge in [0.2, 0.25) is 0 Å². The molecule has 2 rings (SSSR count). The molecule has 2 atom stereocenters. The Morgan fingerprint density at radius 1 is 1.30 bits per heavy atom. The van der Waals surface area contributed by atoms with Gasteiger partial charge in [-0.3, -0.25) is 0 Å². The van der Waals surface area contributed by atoms with Crippen LogP contribution in [0.25, 0.3) is 0 Å². The van der Waals surface area contributed by atoms with E-state index in [0.717, 1.165) is 31.9 Å². The molecule has 1 heterocycles. The summed E-state index contributed by atoms with van der Waals surface area (Å²) in [6, 6.07) is 8.79. The predicted molar refractivity (Wildman–Crippen MR) is 82.2 cm³/mol. The van der Waals surface area contributed by atoms with Crippen LogP contribution in [0.5, 0.6) is 5.75 Å². The lowest BCUT2D eigenvalue weighted by atomic mass is 10.0. The lowest BCUT2D eigenvalue weighted by Crippen LogP contribution is -2.43. The van der Waals surface area contributed by atoms with E-state index in [9.17, 15) is 0 Å². The maximum Gasteiger partial charge on any atom is 0.119 e. The van der Waals surface area contributed by atoms with Crippen molar-refractivity contribution >= 4 is 0 Å². The van der Waals surface area contributed by atoms with E-state index in [0.29, 0.717) is 12.0 Å². The predicted octanol–water partition coefficient (Wildman–Crippen LogP) is 3.55. The fraction of sp³-hybridized carbons (Fsp3) is 0.647. The number of hydrogen-bond donors (Lipinski definition) is 1. The lowest BCUT2D eigenvalue weighted by molar-refractivity contribution is -0.00133. The molecule has 0 aromatic heterocycles. The van der Waals surface area contributed by atoms with Crippen molar-refractivity contribution in [2.24, 2.45) is 5.92 Å². The molecule has 3 nitrogen and oxygen atoms in total. The van der Waals surface area contributed by atoms with E-state index in [4.69, 9.17) is 9.47 Å². The van der Waals surface area contributed by atoms with Gasteiger partial charge in [0.15, 0.2) is 0 Å². The van der Waals surface area contributed by atoms with Crippen molar-refractivity contribution < 1.29 is 9.47 Å². The summed E-state index contributed by atoms with van der Waals surface area (Å²) in [5.74, 6) is 1.65. The van der Waals surface area contributed by atoms with Crippen molar-refractivity contribution in [3.8, 4) is 5.75 Å². The standard InChI is InChI=1S/C17H27NO2/c1-4-9-19-16-7-5-14(6-8-16)17-11-18-15(12-20-17)10-13(2)3/h5-8,13,15,17-18H,4,9-12H2,1-3H3. The molecule has 1 aromatic carbocycles. The molecule has 1 aliphatic rings. The zero-order valence-electron chi connectivity index (χ0n) is 12.9. The second-order valence-electron chi connectivity index (χ2n) is 5.97. The molecule has 0 spiro atoms. The second kappa shape index (κ2) is 7.65. The van der Waals surface area contributed by atoms with E-state index < -0.39 is 0 Å². The fourth-order valence-electron chi connectivity index (χ4n) is 2.56. The highest BCUT2D eigenvalue weighted by Gasteiger charge is 2.22. The SMILES string of the molecule is CCCOc1ccc(C2CNC(CC(C)C)CO2)cc1. The molecule has 3 heteroatoms. The first-order valence-corrected chi connectivity index (χ1v) is 7.76. The van der Waals surface area contributed by atoms with Crippen molar-refractivity contribution in [1.29, 1.82) is 0 Å². The first-order chi connectivity index (χ1) is 9.69. The highest BCUT2D eigenvalue weighted by Crippen LogP contribution is 2.24. The Balaban J connectivity index is 1.84. The smallest absolute Gasteiger partial charge is 0.119 e. The van der Waals surface area contributed by atoms with Gasteiger partial charge in [-0.15, -0.1) is 0 Å². The molecule has 1 aromatic rings. The minimum absolute atomic E-state index is 0.165. The minimum atomic E-state index is 0.165. The van der Waals surface area contributed by atoms with Crippen LogP contribution in [0.1, 0.15) is 45.3 Å². The van der Waals surface area contributed by atoms with E-state index in [1.54, 1.807) is 0 Å². The van der Waals surface area contributed by atoms with Crippen molar-refractivity contribution in [3.63, 3.8) is 0 Å². The Hall–Kier alpha value is -1.06. The molecule has 1 aliphatic heterocycles. The molecule has 1 fully saturated rings. The molecule has 0 amide bonds. The summed E-state index contributed by atoms with van der Waals surface area (Å²) in [7, 11) is 0. The van der Waals surface area contributed by atoms with Gasteiger partial charge in [-0.2, -0.15) is 0 Å². The Morgan fingerprint density at radius 2 is 2.05 bits per heavy atom. The van der Waals surface area contributed by atoms with Crippen LogP contribution >= 0.6 is 0 Å². The van der Waals surface area contributed by atoms with Gasteiger partial charge in [-0.25, -0.2) is 0 Å². The van der Waals surface area contributed by atoms with Crippen molar-refractivity contribution in [1.82, 2.24) is 5.32 Å². The van der Waals surface area contributed by atoms with Gasteiger partial charge in [0, 0.05) is 12.6 Å². The highest BCUT2D eigenvalue weighted by molar-refractivity contribution is 5.29. The molecular weight excluding hydrogens is 250 g/mol. The van der Waals surface area contributed by atoms with Crippen LogP contribution in [0, 0.1) is 5.92 Å². The first-order valence-electron chi connectivity index (χ1n) is 7.76. The van der Waals surface area contributed by atoms with E-state index in [1.165, 1.54) is 12.0 Å². The summed E-state index contributed by atoms with van der Waals surface area (Å²) in [4.78, 5) is 0. The molecular formula is C17H27NO2. The molecule has 0 radical (unpaired) electrons. The van der Waals surface area contributed by atoms with Gasteiger partial charge in [0.1, 0.15) is 5.75 Å². The zero-order chi connectivity index (χ0) is 14.4. The van der Waals surface area contributed by atoms with E-state index in [1.807, 2.05) is 12.1 Å². The van der Waals surface area contributed by atoms with Crippen LogP contribution in [-0.2, 0) is 4.74 Å². The molecule has 2 unspecified atom stereocenters. The van der Waals surface area contributed by atoms with Gasteiger partial charge >= 0.3 is 0 Å². The summed E-state index contributed by atoms with van der Waals surface area (Å²) >= 11 is 0. The molecule has 1 N–H and O–H groups in total. The quantitative estimate of drug-likeness (QED) is 0.862. The number of ether oxygens (including phenoxy) is 2. The molecule has 20 heavy (non-hydrogen) atoms. The van der Waals surface area contributed by atoms with E-state index in [2.05, 4.69) is 38.2 Å². The number of hydrogen-bond acceptors (Lipinski definition) is 3. The van der Waals surface area contributed by atoms with Crippen molar-refractivity contribution in [2.75, 3.05) is 19.8 Å². The Morgan fingerprint density at radius 3 is 2.60 bits per heavy atom. The van der Waals surface area contributed by atoms with E-state index >= 15 is 0 Å². The number of morpholine rings is 1. The van der Waals surface area contributed by atoms with Gasteiger partial charge in [-0.1, -0.05) is 32.9 Å². The maximum absolute atomic E-state index is 6.00. The number of benzene rings is 1. The summed E-state index contributed by atoms with van der Waals surface area (Å²) in [6.07, 6.45) is 2.38. The van der Waals surface area contributed by atoms with Crippen molar-refractivity contribution in [3.05, 3.63) is 29.8 Å². The monoisotopic (exact) mass is 277 g/mol. The van der Waals surface area contributed by atoms with Gasteiger partial charge in [-0.05, 0) is 36.5 Å². The second-order valence-corrected chi connectivity index (χ2v) is 5.97. The van der Waals surface area contributed by atoms with Gasteiger partial charge in [0.25, 0.3) is 0 Å². The fourth-order valence-corrected chi connectivity index (χ4v) is 2.56. The molecule has 0 saturated carbocycles. The Labute approximate surface area is 122 Å². The first kappa shape index (κ1) is 15.3. The molecule has 0 bridgehead atoms. The van der Waals surface area contributed by atoms with Crippen LogP contribution in [0.2, 0.25) is 0 Å².